The van der Waals surface area contributed by atoms with E-state index in [1.807, 2.05) is 6.92 Å². The Morgan fingerprint density at radius 1 is 1.45 bits per heavy atom. The highest BCUT2D eigenvalue weighted by molar-refractivity contribution is 5.93. The lowest BCUT2D eigenvalue weighted by atomic mass is 10.1. The minimum absolute atomic E-state index is 0.148. The quantitative estimate of drug-likeness (QED) is 0.784. The number of carboxylic acids is 1. The van der Waals surface area contributed by atoms with Gasteiger partial charge in [-0.05, 0) is 31.0 Å². The monoisotopic (exact) mass is 278 g/mol. The third kappa shape index (κ3) is 3.71. The number of benzene rings is 1. The summed E-state index contributed by atoms with van der Waals surface area (Å²) in [6, 6.07) is 4.30. The highest BCUT2D eigenvalue weighted by Crippen LogP contribution is 2.17. The smallest absolute Gasteiger partial charge is 0.335 e. The molecule has 6 heteroatoms. The number of ether oxygens (including phenoxy) is 1. The topological polar surface area (TPSA) is 87.7 Å². The first kappa shape index (κ1) is 14.3. The lowest BCUT2D eigenvalue weighted by Crippen LogP contribution is -2.33. The fraction of sp³-hybridized carbons (Fsp3) is 0.429. The number of aryl methyl sites for hydroxylation is 1. The number of carbonyl (C=O) groups is 2. The van der Waals surface area contributed by atoms with Gasteiger partial charge < -0.3 is 20.5 Å². The van der Waals surface area contributed by atoms with Gasteiger partial charge in [-0.2, -0.15) is 0 Å². The number of rotatable bonds is 4. The first-order valence-electron chi connectivity index (χ1n) is 6.53. The molecule has 1 aliphatic heterocycles. The number of amides is 2. The van der Waals surface area contributed by atoms with Gasteiger partial charge in [0, 0.05) is 24.8 Å². The Morgan fingerprint density at radius 2 is 2.25 bits per heavy atom. The molecule has 1 unspecified atom stereocenters. The second-order valence-corrected chi connectivity index (χ2v) is 4.90. The number of anilines is 1. The molecule has 0 bridgehead atoms. The van der Waals surface area contributed by atoms with E-state index < -0.39 is 5.97 Å². The molecule has 0 aliphatic carbocycles. The third-order valence-corrected chi connectivity index (χ3v) is 3.31. The Labute approximate surface area is 117 Å². The predicted octanol–water partition coefficient (Wildman–Crippen LogP) is 1.85. The summed E-state index contributed by atoms with van der Waals surface area (Å²) in [6.07, 6.45) is 0.952. The molecule has 1 atom stereocenters. The predicted molar refractivity (Wildman–Crippen MR) is 74.1 cm³/mol. The van der Waals surface area contributed by atoms with E-state index in [2.05, 4.69) is 10.6 Å². The summed E-state index contributed by atoms with van der Waals surface area (Å²) < 4.78 is 5.23. The zero-order chi connectivity index (χ0) is 14.5. The number of carboxylic acid groups (broad SMARTS) is 1. The zero-order valence-corrected chi connectivity index (χ0v) is 11.3. The van der Waals surface area contributed by atoms with Gasteiger partial charge in [-0.1, -0.05) is 6.07 Å². The van der Waals surface area contributed by atoms with Crippen LogP contribution in [0.1, 0.15) is 22.3 Å². The van der Waals surface area contributed by atoms with Crippen LogP contribution < -0.4 is 10.6 Å². The van der Waals surface area contributed by atoms with E-state index in [0.717, 1.165) is 18.6 Å². The molecule has 0 spiro atoms. The first-order valence-corrected chi connectivity index (χ1v) is 6.53. The van der Waals surface area contributed by atoms with Gasteiger partial charge >= 0.3 is 12.0 Å². The highest BCUT2D eigenvalue weighted by atomic mass is 16.5. The molecule has 3 N–H and O–H groups in total. The van der Waals surface area contributed by atoms with E-state index in [9.17, 15) is 9.59 Å². The van der Waals surface area contributed by atoms with Crippen LogP contribution in [0.25, 0.3) is 0 Å². The Morgan fingerprint density at radius 3 is 2.90 bits per heavy atom. The molecule has 6 nitrogen and oxygen atoms in total. The van der Waals surface area contributed by atoms with Gasteiger partial charge in [-0.25, -0.2) is 9.59 Å². The molecule has 1 aromatic rings. The van der Waals surface area contributed by atoms with E-state index in [-0.39, 0.29) is 11.6 Å². The number of carbonyl (C=O) groups excluding carboxylic acids is 1. The Kier molecular flexibility index (Phi) is 4.57. The second-order valence-electron chi connectivity index (χ2n) is 4.90. The number of nitrogens with one attached hydrogen (secondary N) is 2. The van der Waals surface area contributed by atoms with Crippen LogP contribution in [0.3, 0.4) is 0 Å². The van der Waals surface area contributed by atoms with Crippen molar-refractivity contribution in [1.29, 1.82) is 0 Å². The average molecular weight is 278 g/mol. The zero-order valence-electron chi connectivity index (χ0n) is 11.3. The van der Waals surface area contributed by atoms with E-state index in [1.165, 1.54) is 12.1 Å². The number of hydrogen-bond acceptors (Lipinski definition) is 3. The van der Waals surface area contributed by atoms with Crippen molar-refractivity contribution in [1.82, 2.24) is 5.32 Å². The largest absolute Gasteiger partial charge is 0.478 e. The molecule has 1 aromatic carbocycles. The summed E-state index contributed by atoms with van der Waals surface area (Å²) in [4.78, 5) is 22.7. The molecule has 20 heavy (non-hydrogen) atoms. The van der Waals surface area contributed by atoms with Crippen LogP contribution in [0, 0.1) is 12.8 Å². The van der Waals surface area contributed by atoms with E-state index in [1.54, 1.807) is 6.07 Å². The van der Waals surface area contributed by atoms with Crippen LogP contribution in [0.4, 0.5) is 10.5 Å². The van der Waals surface area contributed by atoms with Crippen molar-refractivity contribution in [3.63, 3.8) is 0 Å². The van der Waals surface area contributed by atoms with Crippen LogP contribution in [0.2, 0.25) is 0 Å². The fourth-order valence-corrected chi connectivity index (χ4v) is 2.04. The molecule has 2 rings (SSSR count). The summed E-state index contributed by atoms with van der Waals surface area (Å²) in [7, 11) is 0. The molecule has 1 fully saturated rings. The van der Waals surface area contributed by atoms with Gasteiger partial charge in [0.05, 0.1) is 12.2 Å². The average Bonchev–Trinajstić information content (AvgIpc) is 2.92. The van der Waals surface area contributed by atoms with E-state index >= 15 is 0 Å². The first-order chi connectivity index (χ1) is 9.56. The van der Waals surface area contributed by atoms with Crippen molar-refractivity contribution < 1.29 is 19.4 Å². The van der Waals surface area contributed by atoms with Crippen LogP contribution >= 0.6 is 0 Å². The molecule has 0 saturated carbocycles. The van der Waals surface area contributed by atoms with Gasteiger partial charge in [0.25, 0.3) is 0 Å². The van der Waals surface area contributed by atoms with Crippen molar-refractivity contribution in [2.75, 3.05) is 25.1 Å². The maximum absolute atomic E-state index is 11.8. The normalized spacial score (nSPS) is 17.8. The SMILES string of the molecule is Cc1ccc(C(=O)O)cc1NC(=O)NCC1CCOC1. The summed E-state index contributed by atoms with van der Waals surface area (Å²) >= 11 is 0. The number of aromatic carboxylic acids is 1. The molecule has 0 radical (unpaired) electrons. The van der Waals surface area contributed by atoms with Crippen molar-refractivity contribution in [2.45, 2.75) is 13.3 Å². The Hall–Kier alpha value is -2.08. The van der Waals surface area contributed by atoms with Crippen LogP contribution in [-0.2, 0) is 4.74 Å². The van der Waals surface area contributed by atoms with Gasteiger partial charge in [-0.15, -0.1) is 0 Å². The fourth-order valence-electron chi connectivity index (χ4n) is 2.04. The third-order valence-electron chi connectivity index (χ3n) is 3.31. The van der Waals surface area contributed by atoms with Crippen molar-refractivity contribution in [3.8, 4) is 0 Å². The molecule has 1 aliphatic rings. The molecule has 2 amide bonds. The van der Waals surface area contributed by atoms with Crippen LogP contribution in [0.5, 0.6) is 0 Å². The minimum atomic E-state index is -1.02. The van der Waals surface area contributed by atoms with Crippen molar-refractivity contribution >= 4 is 17.7 Å². The lowest BCUT2D eigenvalue weighted by Gasteiger charge is -2.12. The Balaban J connectivity index is 1.92. The molecule has 1 heterocycles. The summed E-state index contributed by atoms with van der Waals surface area (Å²) in [5.74, 6) is -0.663. The van der Waals surface area contributed by atoms with E-state index in [4.69, 9.17) is 9.84 Å². The molecular weight excluding hydrogens is 260 g/mol. The lowest BCUT2D eigenvalue weighted by molar-refractivity contribution is 0.0697. The molecule has 0 aromatic heterocycles. The van der Waals surface area contributed by atoms with E-state index in [0.29, 0.717) is 24.8 Å². The van der Waals surface area contributed by atoms with Gasteiger partial charge in [0.15, 0.2) is 0 Å². The second kappa shape index (κ2) is 6.38. The molecular formula is C14H18N2O4. The summed E-state index contributed by atoms with van der Waals surface area (Å²) in [5, 5.41) is 14.4. The number of urea groups is 1. The summed E-state index contributed by atoms with van der Waals surface area (Å²) in [6.45, 7) is 3.79. The van der Waals surface area contributed by atoms with Crippen LogP contribution in [0.15, 0.2) is 18.2 Å². The molecule has 1 saturated heterocycles. The standard InChI is InChI=1S/C14H18N2O4/c1-9-2-3-11(13(17)18)6-12(9)16-14(19)15-7-10-4-5-20-8-10/h2-3,6,10H,4-5,7-8H2,1H3,(H,17,18)(H2,15,16,19). The summed E-state index contributed by atoms with van der Waals surface area (Å²) in [5.41, 5.74) is 1.47. The van der Waals surface area contributed by atoms with Gasteiger partial charge in [0.1, 0.15) is 0 Å². The van der Waals surface area contributed by atoms with Gasteiger partial charge in [0.2, 0.25) is 0 Å². The van der Waals surface area contributed by atoms with Gasteiger partial charge in [-0.3, -0.25) is 0 Å². The van der Waals surface area contributed by atoms with Crippen molar-refractivity contribution in [3.05, 3.63) is 29.3 Å². The van der Waals surface area contributed by atoms with Crippen molar-refractivity contribution in [2.24, 2.45) is 5.92 Å². The maximum Gasteiger partial charge on any atom is 0.335 e. The van der Waals surface area contributed by atoms with Crippen LogP contribution in [-0.4, -0.2) is 36.9 Å². The number of hydrogen-bond donors (Lipinski definition) is 3. The minimum Gasteiger partial charge on any atom is -0.478 e. The Bertz CT molecular complexity index is 510. The highest BCUT2D eigenvalue weighted by Gasteiger charge is 2.16. The maximum atomic E-state index is 11.8. The molecule has 108 valence electrons.